The Labute approximate surface area is 107 Å². The first-order valence-corrected chi connectivity index (χ1v) is 5.67. The summed E-state index contributed by atoms with van der Waals surface area (Å²) in [4.78, 5) is 28.9. The van der Waals surface area contributed by atoms with E-state index in [0.717, 1.165) is 5.56 Å². The standard InChI is InChI=1S/C13H18N2O3/c1-15(2)13(17)11-7-4-10(5-8-11)6-9-12(16)14-18-3/h4-5,7-8H,6,9H2,1-3H3,(H,14,16). The molecule has 0 radical (unpaired) electrons. The van der Waals surface area contributed by atoms with Crippen LogP contribution in [0.2, 0.25) is 0 Å². The van der Waals surface area contributed by atoms with E-state index >= 15 is 0 Å². The molecule has 0 aliphatic rings. The third-order valence-corrected chi connectivity index (χ3v) is 2.46. The summed E-state index contributed by atoms with van der Waals surface area (Å²) < 4.78 is 0. The van der Waals surface area contributed by atoms with E-state index in [1.54, 1.807) is 26.2 Å². The number of benzene rings is 1. The average molecular weight is 250 g/mol. The van der Waals surface area contributed by atoms with Crippen LogP contribution in [0.1, 0.15) is 22.3 Å². The van der Waals surface area contributed by atoms with Gasteiger partial charge in [0.05, 0.1) is 7.11 Å². The van der Waals surface area contributed by atoms with Gasteiger partial charge in [-0.2, -0.15) is 0 Å². The molecule has 0 fully saturated rings. The van der Waals surface area contributed by atoms with Gasteiger partial charge < -0.3 is 4.90 Å². The van der Waals surface area contributed by atoms with Crippen molar-refractivity contribution in [3.8, 4) is 0 Å². The van der Waals surface area contributed by atoms with Crippen LogP contribution < -0.4 is 5.48 Å². The van der Waals surface area contributed by atoms with Gasteiger partial charge >= 0.3 is 0 Å². The molecule has 0 spiro atoms. The van der Waals surface area contributed by atoms with E-state index in [1.165, 1.54) is 12.0 Å². The molecule has 1 aromatic rings. The molecule has 0 heterocycles. The summed E-state index contributed by atoms with van der Waals surface area (Å²) in [6, 6.07) is 7.26. The molecular weight excluding hydrogens is 232 g/mol. The lowest BCUT2D eigenvalue weighted by atomic mass is 10.1. The van der Waals surface area contributed by atoms with Gasteiger partial charge in [0.25, 0.3) is 5.91 Å². The Hall–Kier alpha value is -1.88. The Balaban J connectivity index is 2.55. The van der Waals surface area contributed by atoms with Crippen LogP contribution in [0.15, 0.2) is 24.3 Å². The normalized spacial score (nSPS) is 9.94. The number of hydroxylamine groups is 1. The summed E-state index contributed by atoms with van der Waals surface area (Å²) in [6.45, 7) is 0. The number of nitrogens with one attached hydrogen (secondary N) is 1. The van der Waals surface area contributed by atoms with Gasteiger partial charge in [0.15, 0.2) is 0 Å². The highest BCUT2D eigenvalue weighted by molar-refractivity contribution is 5.93. The number of nitrogens with zero attached hydrogens (tertiary/aromatic N) is 1. The minimum absolute atomic E-state index is 0.0290. The number of hydrogen-bond donors (Lipinski definition) is 1. The molecule has 0 aromatic heterocycles. The Morgan fingerprint density at radius 3 is 2.33 bits per heavy atom. The quantitative estimate of drug-likeness (QED) is 0.793. The van der Waals surface area contributed by atoms with E-state index in [1.807, 2.05) is 12.1 Å². The van der Waals surface area contributed by atoms with Gasteiger partial charge in [0, 0.05) is 26.1 Å². The maximum absolute atomic E-state index is 11.7. The molecule has 1 N–H and O–H groups in total. The van der Waals surface area contributed by atoms with E-state index in [9.17, 15) is 9.59 Å². The largest absolute Gasteiger partial charge is 0.345 e. The summed E-state index contributed by atoms with van der Waals surface area (Å²) >= 11 is 0. The molecule has 0 saturated carbocycles. The van der Waals surface area contributed by atoms with E-state index in [-0.39, 0.29) is 11.8 Å². The Morgan fingerprint density at radius 1 is 1.22 bits per heavy atom. The number of carbonyl (C=O) groups is 2. The second kappa shape index (κ2) is 6.76. The van der Waals surface area contributed by atoms with E-state index < -0.39 is 0 Å². The van der Waals surface area contributed by atoms with Crippen LogP contribution in [-0.2, 0) is 16.1 Å². The smallest absolute Gasteiger partial charge is 0.253 e. The fourth-order valence-corrected chi connectivity index (χ4v) is 1.49. The first kappa shape index (κ1) is 14.2. The Bertz CT molecular complexity index is 413. The van der Waals surface area contributed by atoms with E-state index in [4.69, 9.17) is 0 Å². The minimum Gasteiger partial charge on any atom is -0.345 e. The fourth-order valence-electron chi connectivity index (χ4n) is 1.49. The van der Waals surface area contributed by atoms with Gasteiger partial charge in [0.2, 0.25) is 5.91 Å². The zero-order chi connectivity index (χ0) is 13.5. The summed E-state index contributed by atoms with van der Waals surface area (Å²) in [6.07, 6.45) is 0.973. The van der Waals surface area contributed by atoms with Gasteiger partial charge in [-0.3, -0.25) is 14.4 Å². The highest BCUT2D eigenvalue weighted by Crippen LogP contribution is 2.08. The van der Waals surface area contributed by atoms with Crippen LogP contribution in [0.4, 0.5) is 0 Å². The lowest BCUT2D eigenvalue weighted by Crippen LogP contribution is -2.22. The SMILES string of the molecule is CONC(=O)CCc1ccc(C(=O)N(C)C)cc1. The number of amides is 2. The van der Waals surface area contributed by atoms with Crippen molar-refractivity contribution >= 4 is 11.8 Å². The predicted molar refractivity (Wildman–Crippen MR) is 67.9 cm³/mol. The number of aryl methyl sites for hydroxylation is 1. The van der Waals surface area contributed by atoms with Crippen LogP contribution in [-0.4, -0.2) is 37.9 Å². The molecule has 2 amide bonds. The molecule has 0 atom stereocenters. The molecule has 1 rings (SSSR count). The molecule has 0 aliphatic carbocycles. The van der Waals surface area contributed by atoms with Crippen molar-refractivity contribution < 1.29 is 14.4 Å². The van der Waals surface area contributed by atoms with Crippen LogP contribution in [0.5, 0.6) is 0 Å². The van der Waals surface area contributed by atoms with Crippen LogP contribution in [0.3, 0.4) is 0 Å². The Kier molecular flexibility index (Phi) is 5.32. The first-order valence-electron chi connectivity index (χ1n) is 5.67. The van der Waals surface area contributed by atoms with Gasteiger partial charge in [0.1, 0.15) is 0 Å². The fraction of sp³-hybridized carbons (Fsp3) is 0.385. The van der Waals surface area contributed by atoms with Crippen molar-refractivity contribution in [2.24, 2.45) is 0 Å². The lowest BCUT2D eigenvalue weighted by molar-refractivity contribution is -0.131. The monoisotopic (exact) mass is 250 g/mol. The molecule has 0 aliphatic heterocycles. The molecule has 5 heteroatoms. The number of hydrogen-bond acceptors (Lipinski definition) is 3. The van der Waals surface area contributed by atoms with Crippen LogP contribution in [0.25, 0.3) is 0 Å². The predicted octanol–water partition coefficient (Wildman–Crippen LogP) is 0.999. The number of rotatable bonds is 5. The molecule has 0 saturated heterocycles. The average Bonchev–Trinajstić information content (AvgIpc) is 2.36. The molecule has 5 nitrogen and oxygen atoms in total. The summed E-state index contributed by atoms with van der Waals surface area (Å²) in [7, 11) is 4.83. The zero-order valence-corrected chi connectivity index (χ0v) is 10.9. The Morgan fingerprint density at radius 2 is 1.83 bits per heavy atom. The topological polar surface area (TPSA) is 58.6 Å². The maximum atomic E-state index is 11.7. The van der Waals surface area contributed by atoms with Gasteiger partial charge in [-0.15, -0.1) is 0 Å². The summed E-state index contributed by atoms with van der Waals surface area (Å²) in [5.41, 5.74) is 3.91. The summed E-state index contributed by atoms with van der Waals surface area (Å²) in [5.74, 6) is -0.190. The number of carbonyl (C=O) groups excluding carboxylic acids is 2. The van der Waals surface area contributed by atoms with Crippen molar-refractivity contribution in [3.63, 3.8) is 0 Å². The minimum atomic E-state index is -0.161. The van der Waals surface area contributed by atoms with E-state index in [0.29, 0.717) is 18.4 Å². The van der Waals surface area contributed by atoms with E-state index in [2.05, 4.69) is 10.3 Å². The van der Waals surface area contributed by atoms with Gasteiger partial charge in [-0.25, -0.2) is 5.48 Å². The third-order valence-electron chi connectivity index (χ3n) is 2.46. The maximum Gasteiger partial charge on any atom is 0.253 e. The first-order chi connectivity index (χ1) is 8.54. The van der Waals surface area contributed by atoms with Gasteiger partial charge in [-0.05, 0) is 24.1 Å². The van der Waals surface area contributed by atoms with Crippen molar-refractivity contribution in [1.29, 1.82) is 0 Å². The molecular formula is C13H18N2O3. The highest BCUT2D eigenvalue weighted by Gasteiger charge is 2.07. The van der Waals surface area contributed by atoms with Crippen molar-refractivity contribution in [2.45, 2.75) is 12.8 Å². The van der Waals surface area contributed by atoms with Crippen molar-refractivity contribution in [3.05, 3.63) is 35.4 Å². The molecule has 98 valence electrons. The van der Waals surface area contributed by atoms with Crippen molar-refractivity contribution in [1.82, 2.24) is 10.4 Å². The second-order valence-electron chi connectivity index (χ2n) is 4.13. The third kappa shape index (κ3) is 4.18. The highest BCUT2D eigenvalue weighted by atomic mass is 16.6. The van der Waals surface area contributed by atoms with Crippen molar-refractivity contribution in [2.75, 3.05) is 21.2 Å². The lowest BCUT2D eigenvalue weighted by Gasteiger charge is -2.10. The van der Waals surface area contributed by atoms with Crippen LogP contribution >= 0.6 is 0 Å². The molecule has 18 heavy (non-hydrogen) atoms. The van der Waals surface area contributed by atoms with Gasteiger partial charge in [-0.1, -0.05) is 12.1 Å². The molecule has 1 aromatic carbocycles. The molecule has 0 unspecified atom stereocenters. The zero-order valence-electron chi connectivity index (χ0n) is 10.9. The second-order valence-corrected chi connectivity index (χ2v) is 4.13. The van der Waals surface area contributed by atoms with Crippen LogP contribution in [0, 0.1) is 0 Å². The molecule has 0 bridgehead atoms. The summed E-state index contributed by atoms with van der Waals surface area (Å²) in [5, 5.41) is 0.